The molecule has 0 bridgehead atoms. The molecule has 0 N–H and O–H groups in total. The Bertz CT molecular complexity index is 1020. The number of rotatable bonds is 6. The van der Waals surface area contributed by atoms with Crippen LogP contribution >= 0.6 is 23.2 Å². The number of hydrogen-bond donors (Lipinski definition) is 0. The highest BCUT2D eigenvalue weighted by atomic mass is 35.5. The summed E-state index contributed by atoms with van der Waals surface area (Å²) in [7, 11) is -2.56. The van der Waals surface area contributed by atoms with E-state index in [-0.39, 0.29) is 29.4 Å². The molecule has 1 heterocycles. The predicted octanol–water partition coefficient (Wildman–Crippen LogP) is 3.42. The van der Waals surface area contributed by atoms with Gasteiger partial charge in [0.25, 0.3) is 0 Å². The maximum Gasteiger partial charge on any atom is 0.312 e. The Hall–Kier alpha value is -1.91. The van der Waals surface area contributed by atoms with Crippen LogP contribution in [-0.4, -0.2) is 55.8 Å². The Morgan fingerprint density at radius 2 is 1.79 bits per heavy atom. The molecule has 2 aromatic rings. The Balaban J connectivity index is 1.71. The highest BCUT2D eigenvalue weighted by molar-refractivity contribution is 7.89. The number of benzene rings is 2. The molecule has 2 aromatic carbocycles. The van der Waals surface area contributed by atoms with Gasteiger partial charge in [0.2, 0.25) is 10.0 Å². The zero-order valence-electron chi connectivity index (χ0n) is 15.5. The monoisotopic (exact) mass is 459 g/mol. The van der Waals surface area contributed by atoms with Crippen LogP contribution in [-0.2, 0) is 16.6 Å². The van der Waals surface area contributed by atoms with E-state index in [1.807, 2.05) is 6.07 Å². The molecule has 29 heavy (non-hydrogen) atoms. The molecule has 0 radical (unpaired) electrons. The highest BCUT2D eigenvalue weighted by Gasteiger charge is 2.30. The average molecular weight is 460 g/mol. The highest BCUT2D eigenvalue weighted by Crippen LogP contribution is 2.31. The molecule has 1 saturated heterocycles. The van der Waals surface area contributed by atoms with Gasteiger partial charge in [-0.15, -0.1) is 0 Å². The third-order valence-corrected chi connectivity index (χ3v) is 7.21. The van der Waals surface area contributed by atoms with Gasteiger partial charge < -0.3 is 4.74 Å². The molecular weight excluding hydrogens is 441 g/mol. The Morgan fingerprint density at radius 3 is 2.38 bits per heavy atom. The lowest BCUT2D eigenvalue weighted by Gasteiger charge is -2.34. The molecule has 0 amide bonds. The quantitative estimate of drug-likeness (QED) is 0.485. The number of nitro groups is 1. The van der Waals surface area contributed by atoms with Gasteiger partial charge in [-0.25, -0.2) is 8.42 Å². The van der Waals surface area contributed by atoms with Crippen LogP contribution in [0.1, 0.15) is 5.56 Å². The van der Waals surface area contributed by atoms with Crippen LogP contribution < -0.4 is 4.74 Å². The zero-order chi connectivity index (χ0) is 21.2. The Morgan fingerprint density at radius 1 is 1.10 bits per heavy atom. The average Bonchev–Trinajstić information content (AvgIpc) is 2.70. The van der Waals surface area contributed by atoms with Gasteiger partial charge in [0, 0.05) is 48.8 Å². The van der Waals surface area contributed by atoms with Gasteiger partial charge in [-0.3, -0.25) is 15.0 Å². The molecule has 1 fully saturated rings. The van der Waals surface area contributed by atoms with Crippen molar-refractivity contribution in [1.29, 1.82) is 0 Å². The smallest absolute Gasteiger partial charge is 0.312 e. The van der Waals surface area contributed by atoms with Crippen molar-refractivity contribution in [2.24, 2.45) is 0 Å². The molecule has 0 atom stereocenters. The third kappa shape index (κ3) is 4.81. The third-order valence-electron chi connectivity index (χ3n) is 4.73. The first kappa shape index (κ1) is 21.8. The van der Waals surface area contributed by atoms with E-state index in [2.05, 4.69) is 4.90 Å². The van der Waals surface area contributed by atoms with Crippen molar-refractivity contribution in [1.82, 2.24) is 9.21 Å². The van der Waals surface area contributed by atoms with Gasteiger partial charge in [-0.1, -0.05) is 29.3 Å². The second-order valence-corrected chi connectivity index (χ2v) is 9.29. The number of nitro benzene ring substituents is 1. The van der Waals surface area contributed by atoms with Crippen LogP contribution in [0, 0.1) is 10.1 Å². The molecule has 0 saturated carbocycles. The lowest BCUT2D eigenvalue weighted by Crippen LogP contribution is -2.48. The second kappa shape index (κ2) is 8.85. The first-order chi connectivity index (χ1) is 13.7. The lowest BCUT2D eigenvalue weighted by molar-refractivity contribution is -0.386. The number of piperazine rings is 1. The summed E-state index contributed by atoms with van der Waals surface area (Å²) in [4.78, 5) is 12.5. The lowest BCUT2D eigenvalue weighted by atomic mass is 10.2. The van der Waals surface area contributed by atoms with Gasteiger partial charge in [-0.05, 0) is 29.8 Å². The summed E-state index contributed by atoms with van der Waals surface area (Å²) in [6, 6.07) is 8.94. The molecule has 0 spiro atoms. The van der Waals surface area contributed by atoms with E-state index in [0.717, 1.165) is 11.6 Å². The van der Waals surface area contributed by atoms with Crippen molar-refractivity contribution in [3.63, 3.8) is 0 Å². The van der Waals surface area contributed by atoms with Gasteiger partial charge in [0.1, 0.15) is 0 Å². The van der Waals surface area contributed by atoms with E-state index in [9.17, 15) is 18.5 Å². The van der Waals surface area contributed by atoms with Crippen molar-refractivity contribution in [3.05, 3.63) is 62.1 Å². The van der Waals surface area contributed by atoms with Crippen LogP contribution in [0.3, 0.4) is 0 Å². The predicted molar refractivity (Wildman–Crippen MR) is 110 cm³/mol. The van der Waals surface area contributed by atoms with Gasteiger partial charge in [0.15, 0.2) is 5.75 Å². The summed E-state index contributed by atoms with van der Waals surface area (Å²) in [6.07, 6.45) is 0. The summed E-state index contributed by atoms with van der Waals surface area (Å²) < 4.78 is 32.1. The van der Waals surface area contributed by atoms with E-state index in [0.29, 0.717) is 29.7 Å². The Kier molecular flexibility index (Phi) is 6.65. The summed E-state index contributed by atoms with van der Waals surface area (Å²) in [5.74, 6) is 0.0126. The van der Waals surface area contributed by atoms with Crippen LogP contribution in [0.25, 0.3) is 0 Å². The van der Waals surface area contributed by atoms with E-state index in [1.54, 1.807) is 12.1 Å². The largest absolute Gasteiger partial charge is 0.490 e. The molecule has 11 heteroatoms. The fourth-order valence-electron chi connectivity index (χ4n) is 3.14. The standard InChI is InChI=1S/C18H19Cl2N3O5S/c1-28-18-5-4-15(11-17(18)23(24)25)29(26,27)22-8-6-21(7-9-22)12-13-2-3-14(19)10-16(13)20/h2-5,10-11H,6-9,12H2,1H3. The molecule has 1 aliphatic heterocycles. The number of methoxy groups -OCH3 is 1. The molecule has 0 aliphatic carbocycles. The molecular formula is C18H19Cl2N3O5S. The minimum absolute atomic E-state index is 0.0126. The van der Waals surface area contributed by atoms with E-state index >= 15 is 0 Å². The maximum atomic E-state index is 12.9. The van der Waals surface area contributed by atoms with Gasteiger partial charge >= 0.3 is 5.69 Å². The molecule has 156 valence electrons. The van der Waals surface area contributed by atoms with Gasteiger partial charge in [0.05, 0.1) is 16.9 Å². The van der Waals surface area contributed by atoms with Crippen molar-refractivity contribution in [2.45, 2.75) is 11.4 Å². The minimum Gasteiger partial charge on any atom is -0.490 e. The fourth-order valence-corrected chi connectivity index (χ4v) is 5.05. The van der Waals surface area contributed by atoms with Crippen LogP contribution in [0.4, 0.5) is 5.69 Å². The maximum absolute atomic E-state index is 12.9. The van der Waals surface area contributed by atoms with E-state index in [4.69, 9.17) is 27.9 Å². The first-order valence-electron chi connectivity index (χ1n) is 8.71. The summed E-state index contributed by atoms with van der Waals surface area (Å²) in [6.45, 7) is 2.14. The summed E-state index contributed by atoms with van der Waals surface area (Å²) in [5.41, 5.74) is 0.530. The zero-order valence-corrected chi connectivity index (χ0v) is 17.9. The number of nitrogens with zero attached hydrogens (tertiary/aromatic N) is 3. The minimum atomic E-state index is -3.85. The van der Waals surface area contributed by atoms with Crippen LogP contribution in [0.15, 0.2) is 41.3 Å². The summed E-state index contributed by atoms with van der Waals surface area (Å²) in [5, 5.41) is 12.3. The van der Waals surface area contributed by atoms with Crippen molar-refractivity contribution in [3.8, 4) is 5.75 Å². The van der Waals surface area contributed by atoms with Crippen molar-refractivity contribution in [2.75, 3.05) is 33.3 Å². The Labute approximate surface area is 178 Å². The SMILES string of the molecule is COc1ccc(S(=O)(=O)N2CCN(Cc3ccc(Cl)cc3Cl)CC2)cc1[N+](=O)[O-]. The number of sulfonamides is 1. The molecule has 8 nitrogen and oxygen atoms in total. The molecule has 0 unspecified atom stereocenters. The van der Waals surface area contributed by atoms with Crippen molar-refractivity contribution >= 4 is 38.9 Å². The van der Waals surface area contributed by atoms with Gasteiger partial charge in [-0.2, -0.15) is 4.31 Å². The number of halogens is 2. The second-order valence-electron chi connectivity index (χ2n) is 6.51. The van der Waals surface area contributed by atoms with Crippen LogP contribution in [0.5, 0.6) is 5.75 Å². The number of hydrogen-bond acceptors (Lipinski definition) is 6. The number of ether oxygens (including phenoxy) is 1. The van der Waals surface area contributed by atoms with E-state index < -0.39 is 14.9 Å². The normalized spacial score (nSPS) is 16.0. The fraction of sp³-hybridized carbons (Fsp3) is 0.333. The molecule has 0 aromatic heterocycles. The molecule has 3 rings (SSSR count). The first-order valence-corrected chi connectivity index (χ1v) is 10.9. The van der Waals surface area contributed by atoms with E-state index in [1.165, 1.54) is 23.5 Å². The topological polar surface area (TPSA) is 93.0 Å². The van der Waals surface area contributed by atoms with Crippen LogP contribution in [0.2, 0.25) is 10.0 Å². The van der Waals surface area contributed by atoms with Crippen molar-refractivity contribution < 1.29 is 18.1 Å². The molecule has 1 aliphatic rings. The summed E-state index contributed by atoms with van der Waals surface area (Å²) >= 11 is 12.1.